The molecule has 0 saturated heterocycles. The van der Waals surface area contributed by atoms with Gasteiger partial charge in [0.15, 0.2) is 34.8 Å². The Bertz CT molecular complexity index is 7130. The first-order valence-corrected chi connectivity index (χ1v) is 42.7. The minimum Gasteiger partial charge on any atom is -0.484 e. The monoisotopic (exact) mass is 1660 g/mol. The quantitative estimate of drug-likeness (QED) is 0.0711. The molecule has 8 aliphatic rings. The number of hydrogen-bond donors (Lipinski definition) is 4. The maximum absolute atomic E-state index is 18.0. The molecule has 125 heavy (non-hydrogen) atoms. The van der Waals surface area contributed by atoms with Gasteiger partial charge in [-0.15, -0.1) is 0 Å². The highest BCUT2D eigenvalue weighted by Crippen LogP contribution is 2.67. The van der Waals surface area contributed by atoms with E-state index >= 15 is 35.1 Å². The fourth-order valence-corrected chi connectivity index (χ4v) is 22.0. The predicted octanol–water partition coefficient (Wildman–Crippen LogP) is 28.3. The van der Waals surface area contributed by atoms with E-state index in [0.29, 0.717) is 130 Å². The van der Waals surface area contributed by atoms with Crippen LogP contribution in [-0.4, -0.2) is 52.1 Å². The van der Waals surface area contributed by atoms with Crippen LogP contribution in [0.5, 0.6) is 11.5 Å². The molecule has 8 atom stereocenters. The van der Waals surface area contributed by atoms with Gasteiger partial charge in [0.2, 0.25) is 23.3 Å². The second-order valence-corrected chi connectivity index (χ2v) is 34.5. The normalized spacial score (nSPS) is 20.4. The summed E-state index contributed by atoms with van der Waals surface area (Å²) in [6, 6.07) is 72.9. The Hall–Kier alpha value is -14.0. The van der Waals surface area contributed by atoms with E-state index in [9.17, 15) is 0 Å². The van der Waals surface area contributed by atoms with Gasteiger partial charge in [-0.25, -0.2) is 37.5 Å². The largest absolute Gasteiger partial charge is 0.484 e. The molecular formula is C107H80F8N8O2. The fourth-order valence-electron chi connectivity index (χ4n) is 22.0. The zero-order chi connectivity index (χ0) is 84.7. The van der Waals surface area contributed by atoms with E-state index < -0.39 is 86.8 Å². The average molecular weight is 1660 g/mol. The highest BCUT2D eigenvalue weighted by atomic mass is 19.2. The first-order chi connectivity index (χ1) is 61.0. The van der Waals surface area contributed by atoms with Gasteiger partial charge < -0.3 is 29.4 Å². The standard InChI is InChI=1S/C107H80F8N8O2/c1-106-55-53-65(124-104-100(112)96(108)94(97(109)101(104)113)92-81-48-44-77(120-81)88(60-25-13-5-14-26-60)73-40-36-69(116-73)86(58-21-9-3-10-22-58)70-37-41-74(117-70)89(61-27-15-6-16-28-61)78-45-49-82(92)121-78)57-64(106)33-34-66-67-35-52-85(107(67,2)56-54-68(66)106)125-105-102(114)98(110)95(99(111)103(105)115)93-83-50-46-79(122-83)90(62-29-17-7-18-30-62)75-42-38-71(118-75)87(59-23-11-4-12-24-59)72-39-43-76(119-72)91(63-31-19-8-20-32-63)80-47-51-84(93)123-80/h3-32,36-51,64-68,85,116,118,121,123H,33-35,52-57H2,1-2H3/t64-,65-,66-,67-,68-,85-,106-,107-/m0/s1. The SMILES string of the molecule is C[C@]12CC[C@H](Oc3c(F)c(F)c(-c4c5nc(c(-c6ccccc6)c6ccc([nH]6)c(-c6ccccc6)c6nc(c(-c7ccccc7)c7ccc4[nH]7)C=C6)C=C5)c(F)c3F)C[C@@H]1CC[C@@H]1[C@@H]2CC[C@]2(C)[C@@H](Oc3c(F)c(F)c(-c4c5nc(c(-c6ccccc6)c6ccc([nH]6)c(-c6ccccc6)c6nc(c(-c7ccccc7)c7ccc4[nH]7)C=C6)C=C5)c(F)c3F)CC[C@@H]12. The van der Waals surface area contributed by atoms with Gasteiger partial charge in [0.05, 0.1) is 62.8 Å². The zero-order valence-electron chi connectivity index (χ0n) is 68.0. The van der Waals surface area contributed by atoms with E-state index in [1.807, 2.05) is 231 Å². The second-order valence-electron chi connectivity index (χ2n) is 34.5. The lowest BCUT2D eigenvalue weighted by Gasteiger charge is -2.60. The number of rotatable bonds is 12. The van der Waals surface area contributed by atoms with Crippen LogP contribution in [0.15, 0.2) is 231 Å². The van der Waals surface area contributed by atoms with Gasteiger partial charge >= 0.3 is 0 Å². The molecule has 8 aromatic carbocycles. The van der Waals surface area contributed by atoms with Gasteiger partial charge in [0, 0.05) is 94.1 Å². The van der Waals surface area contributed by atoms with Crippen molar-refractivity contribution in [1.29, 1.82) is 0 Å². The van der Waals surface area contributed by atoms with Crippen LogP contribution in [0.3, 0.4) is 0 Å². The number of nitrogens with zero attached hydrogens (tertiary/aromatic N) is 4. The van der Waals surface area contributed by atoms with Crippen LogP contribution in [0.1, 0.15) is 117 Å². The fraction of sp³-hybridized carbons (Fsp3) is 0.178. The van der Waals surface area contributed by atoms with Crippen molar-refractivity contribution in [3.63, 3.8) is 0 Å². The Morgan fingerprint density at radius 2 is 0.528 bits per heavy atom. The first-order valence-electron chi connectivity index (χ1n) is 42.7. The van der Waals surface area contributed by atoms with Crippen molar-refractivity contribution in [3.8, 4) is 101 Å². The second kappa shape index (κ2) is 30.5. The summed E-state index contributed by atoms with van der Waals surface area (Å²) in [6.45, 7) is 4.32. The molecule has 4 aliphatic heterocycles. The van der Waals surface area contributed by atoms with Crippen LogP contribution in [-0.2, 0) is 0 Å². The van der Waals surface area contributed by atoms with Gasteiger partial charge in [-0.05, 0) is 217 Å². The molecule has 16 bridgehead atoms. The molecule has 22 rings (SSSR count). The van der Waals surface area contributed by atoms with Crippen LogP contribution in [0.2, 0.25) is 0 Å². The molecule has 10 heterocycles. The number of H-pyrrole nitrogens is 4. The molecule has 4 fully saturated rings. The Labute approximate surface area is 714 Å². The van der Waals surface area contributed by atoms with Gasteiger partial charge in [0.1, 0.15) is 6.10 Å². The number of aromatic amines is 4. The smallest absolute Gasteiger partial charge is 0.204 e. The molecular weight excluding hydrogens is 1580 g/mol. The molecule has 0 radical (unpaired) electrons. The number of aromatic nitrogens is 8. The van der Waals surface area contributed by atoms with Crippen molar-refractivity contribution >= 4 is 92.7 Å². The third-order valence-electron chi connectivity index (χ3n) is 27.9. The van der Waals surface area contributed by atoms with E-state index in [-0.39, 0.29) is 62.6 Å². The highest BCUT2D eigenvalue weighted by molar-refractivity contribution is 6.03. The topological polar surface area (TPSA) is 133 Å². The van der Waals surface area contributed by atoms with E-state index in [1.54, 1.807) is 48.6 Å². The lowest BCUT2D eigenvalue weighted by Crippen LogP contribution is -2.55. The van der Waals surface area contributed by atoms with Crippen LogP contribution < -0.4 is 9.47 Å². The summed E-state index contributed by atoms with van der Waals surface area (Å²) >= 11 is 0. The number of ether oxygens (including phenoxy) is 2. The molecule has 0 unspecified atom stereocenters. The van der Waals surface area contributed by atoms with Crippen molar-refractivity contribution in [2.45, 2.75) is 83.8 Å². The van der Waals surface area contributed by atoms with Crippen molar-refractivity contribution in [1.82, 2.24) is 39.9 Å². The van der Waals surface area contributed by atoms with Crippen LogP contribution >= 0.6 is 0 Å². The maximum Gasteiger partial charge on any atom is 0.204 e. The van der Waals surface area contributed by atoms with Gasteiger partial charge in [0.25, 0.3) is 0 Å². The molecule has 4 aliphatic carbocycles. The van der Waals surface area contributed by atoms with Gasteiger partial charge in [-0.2, -0.15) is 17.6 Å². The van der Waals surface area contributed by atoms with Crippen molar-refractivity contribution in [2.24, 2.45) is 34.5 Å². The van der Waals surface area contributed by atoms with E-state index in [0.717, 1.165) is 62.0 Å². The lowest BCUT2D eigenvalue weighted by molar-refractivity contribution is -0.129. The summed E-state index contributed by atoms with van der Waals surface area (Å²) in [7, 11) is 0. The Morgan fingerprint density at radius 3 is 0.832 bits per heavy atom. The Kier molecular flexibility index (Phi) is 18.8. The third-order valence-corrected chi connectivity index (χ3v) is 27.9. The maximum atomic E-state index is 18.0. The summed E-state index contributed by atoms with van der Waals surface area (Å²) in [5, 5.41) is 0. The Morgan fingerprint density at radius 1 is 0.264 bits per heavy atom. The van der Waals surface area contributed by atoms with Crippen molar-refractivity contribution in [2.75, 3.05) is 0 Å². The molecule has 10 nitrogen and oxygen atoms in total. The van der Waals surface area contributed by atoms with Crippen LogP contribution in [0.4, 0.5) is 35.1 Å². The van der Waals surface area contributed by atoms with Crippen LogP contribution in [0.25, 0.3) is 182 Å². The molecule has 0 amide bonds. The summed E-state index contributed by atoms with van der Waals surface area (Å²) in [5.74, 6) is -15.4. The van der Waals surface area contributed by atoms with Gasteiger partial charge in [-0.3, -0.25) is 0 Å². The molecule has 616 valence electrons. The molecule has 14 aromatic rings. The van der Waals surface area contributed by atoms with Gasteiger partial charge in [-0.1, -0.05) is 196 Å². The number of fused-ring (bicyclic) bond motifs is 21. The lowest BCUT2D eigenvalue weighted by atomic mass is 9.45. The highest BCUT2D eigenvalue weighted by Gasteiger charge is 2.61. The molecule has 4 saturated carbocycles. The summed E-state index contributed by atoms with van der Waals surface area (Å²) in [4.78, 5) is 35.1. The number of nitrogens with one attached hydrogen (secondary N) is 4. The Balaban J connectivity index is 0.571. The van der Waals surface area contributed by atoms with E-state index in [1.165, 1.54) is 0 Å². The van der Waals surface area contributed by atoms with Crippen LogP contribution in [0, 0.1) is 81.0 Å². The number of halogens is 8. The first kappa shape index (κ1) is 77.1. The summed E-state index contributed by atoms with van der Waals surface area (Å²) in [5.41, 5.74) is 13.4. The minimum atomic E-state index is -1.68. The molecule has 4 N–H and O–H groups in total. The summed E-state index contributed by atoms with van der Waals surface area (Å²) in [6.07, 6.45) is 17.7. The van der Waals surface area contributed by atoms with E-state index in [2.05, 4.69) is 33.8 Å². The minimum absolute atomic E-state index is 0.01000. The van der Waals surface area contributed by atoms with Crippen molar-refractivity contribution in [3.05, 3.63) is 323 Å². The number of hydrogen-bond acceptors (Lipinski definition) is 6. The predicted molar refractivity (Wildman–Crippen MR) is 481 cm³/mol. The third kappa shape index (κ3) is 12.8. The van der Waals surface area contributed by atoms with Crippen molar-refractivity contribution < 1.29 is 44.6 Å². The average Bonchev–Trinajstić information content (AvgIpc) is 1.69. The van der Waals surface area contributed by atoms with E-state index in [4.69, 9.17) is 29.4 Å². The number of benzene rings is 8. The zero-order valence-corrected chi connectivity index (χ0v) is 68.0. The molecule has 18 heteroatoms. The summed E-state index contributed by atoms with van der Waals surface area (Å²) < 4.78 is 155. The molecule has 0 spiro atoms. The molecule has 6 aromatic heterocycles.